The minimum atomic E-state index is 0.506. The maximum atomic E-state index is 5.60. The second-order valence-electron chi connectivity index (χ2n) is 11.0. The van der Waals surface area contributed by atoms with Crippen LogP contribution in [0.15, 0.2) is 66.7 Å². The summed E-state index contributed by atoms with van der Waals surface area (Å²) in [5.41, 5.74) is 6.63. The molecule has 0 aromatic heterocycles. The zero-order chi connectivity index (χ0) is 27.0. The molecule has 0 atom stereocenters. The minimum absolute atomic E-state index is 0.506. The zero-order valence-corrected chi connectivity index (χ0v) is 24.4. The fraction of sp³-hybridized carbons (Fsp3) is 0.500. The highest BCUT2D eigenvalue weighted by molar-refractivity contribution is 5.71. The van der Waals surface area contributed by atoms with Crippen molar-refractivity contribution in [2.45, 2.75) is 103 Å². The van der Waals surface area contributed by atoms with Crippen LogP contribution in [0.3, 0.4) is 0 Å². The van der Waals surface area contributed by atoms with E-state index in [4.69, 9.17) is 9.47 Å². The molecule has 0 spiro atoms. The normalized spacial score (nSPS) is 11.2. The highest BCUT2D eigenvalue weighted by Gasteiger charge is 2.09. The fourth-order valence-corrected chi connectivity index (χ4v) is 5.39. The van der Waals surface area contributed by atoms with Gasteiger partial charge in [-0.3, -0.25) is 0 Å². The van der Waals surface area contributed by atoms with Gasteiger partial charge >= 0.3 is 0 Å². The van der Waals surface area contributed by atoms with E-state index in [2.05, 4.69) is 80.6 Å². The van der Waals surface area contributed by atoms with Crippen molar-refractivity contribution in [2.75, 3.05) is 14.2 Å². The van der Waals surface area contributed by atoms with Crippen molar-refractivity contribution in [3.63, 3.8) is 0 Å². The summed E-state index contributed by atoms with van der Waals surface area (Å²) in [5.74, 6) is 2.49. The third kappa shape index (κ3) is 9.86. The van der Waals surface area contributed by atoms with E-state index in [0.717, 1.165) is 17.9 Å². The van der Waals surface area contributed by atoms with Crippen LogP contribution in [-0.2, 0) is 12.8 Å². The molecule has 3 aromatic rings. The molecule has 0 aliphatic heterocycles. The van der Waals surface area contributed by atoms with Gasteiger partial charge in [-0.05, 0) is 72.1 Å². The van der Waals surface area contributed by atoms with Crippen molar-refractivity contribution in [1.29, 1.82) is 0 Å². The Hall–Kier alpha value is -2.74. The first-order valence-electron chi connectivity index (χ1n) is 15.0. The van der Waals surface area contributed by atoms with Crippen LogP contribution in [0.1, 0.15) is 107 Å². The fourth-order valence-electron chi connectivity index (χ4n) is 5.39. The molecule has 0 aliphatic carbocycles. The van der Waals surface area contributed by atoms with Crippen molar-refractivity contribution in [1.82, 2.24) is 0 Å². The van der Waals surface area contributed by atoms with Crippen molar-refractivity contribution in [2.24, 2.45) is 0 Å². The molecule has 38 heavy (non-hydrogen) atoms. The summed E-state index contributed by atoms with van der Waals surface area (Å²) in [6.45, 7) is 4.48. The van der Waals surface area contributed by atoms with Crippen LogP contribution in [0, 0.1) is 0 Å². The summed E-state index contributed by atoms with van der Waals surface area (Å²) in [6.07, 6.45) is 17.3. The van der Waals surface area contributed by atoms with E-state index in [0.29, 0.717) is 5.92 Å². The first-order chi connectivity index (χ1) is 18.6. The van der Waals surface area contributed by atoms with Crippen molar-refractivity contribution in [3.05, 3.63) is 83.4 Å². The number of hydrogen-bond donors (Lipinski definition) is 0. The predicted octanol–water partition coefficient (Wildman–Crippen LogP) is 10.6. The first kappa shape index (κ1) is 29.8. The summed E-state index contributed by atoms with van der Waals surface area (Å²) in [4.78, 5) is 0. The average Bonchev–Trinajstić information content (AvgIpc) is 2.95. The van der Waals surface area contributed by atoms with Gasteiger partial charge in [-0.15, -0.1) is 0 Å². The van der Waals surface area contributed by atoms with Crippen LogP contribution in [0.25, 0.3) is 11.1 Å². The molecule has 0 radical (unpaired) electrons. The maximum absolute atomic E-state index is 5.60. The lowest BCUT2D eigenvalue weighted by Gasteiger charge is -2.13. The van der Waals surface area contributed by atoms with Crippen LogP contribution in [0.2, 0.25) is 0 Å². The number of methoxy groups -OCH3 is 2. The monoisotopic (exact) mass is 514 g/mol. The lowest BCUT2D eigenvalue weighted by Crippen LogP contribution is -1.96. The molecule has 0 amide bonds. The molecule has 0 N–H and O–H groups in total. The molecule has 0 fully saturated rings. The van der Waals surface area contributed by atoms with Crippen LogP contribution in [0.4, 0.5) is 0 Å². The third-order valence-corrected chi connectivity index (χ3v) is 7.70. The molecular formula is C36H50O2. The number of rotatable bonds is 18. The van der Waals surface area contributed by atoms with E-state index in [-0.39, 0.29) is 0 Å². The molecule has 0 aliphatic rings. The smallest absolute Gasteiger partial charge is 0.126 e. The van der Waals surface area contributed by atoms with Crippen LogP contribution < -0.4 is 9.47 Å². The summed E-state index contributed by atoms with van der Waals surface area (Å²) >= 11 is 0. The van der Waals surface area contributed by atoms with E-state index in [1.165, 1.54) is 105 Å². The van der Waals surface area contributed by atoms with Gasteiger partial charge in [0.05, 0.1) is 14.2 Å². The van der Waals surface area contributed by atoms with Gasteiger partial charge in [0.1, 0.15) is 11.5 Å². The van der Waals surface area contributed by atoms with E-state index in [1.54, 1.807) is 14.2 Å². The highest BCUT2D eigenvalue weighted by atomic mass is 16.5. The Kier molecular flexibility index (Phi) is 13.3. The van der Waals surface area contributed by atoms with Gasteiger partial charge in [0.15, 0.2) is 0 Å². The average molecular weight is 515 g/mol. The molecule has 3 aromatic carbocycles. The summed E-state index contributed by atoms with van der Waals surface area (Å²) in [5, 5.41) is 0. The lowest BCUT2D eigenvalue weighted by molar-refractivity contribution is 0.407. The molecule has 2 heteroatoms. The van der Waals surface area contributed by atoms with Crippen molar-refractivity contribution in [3.8, 4) is 22.6 Å². The Morgan fingerprint density at radius 1 is 0.526 bits per heavy atom. The van der Waals surface area contributed by atoms with Gasteiger partial charge in [0.2, 0.25) is 0 Å². The summed E-state index contributed by atoms with van der Waals surface area (Å²) in [6, 6.07) is 24.0. The standard InChI is InChI=1S/C36H50O2/c1-29(2)33-27-30(23-25-35(33)37-3)19-15-12-10-8-6-5-7-9-11-13-16-20-31-24-26-36(38-4)34(28-31)32-21-17-14-18-22-32/h14,17-18,21-29H,5-13,15-16,19-20H2,1-4H3. The number of hydrogen-bond acceptors (Lipinski definition) is 2. The quantitative estimate of drug-likeness (QED) is 0.157. The minimum Gasteiger partial charge on any atom is -0.496 e. The van der Waals surface area contributed by atoms with Gasteiger partial charge in [0, 0.05) is 5.56 Å². The van der Waals surface area contributed by atoms with Crippen molar-refractivity contribution < 1.29 is 9.47 Å². The molecule has 0 heterocycles. The Morgan fingerprint density at radius 3 is 1.50 bits per heavy atom. The molecule has 0 saturated carbocycles. The SMILES string of the molecule is COc1ccc(CCCCCCCCCCCCCc2ccc(OC)c(C(C)C)c2)cc1-c1ccccc1. The van der Waals surface area contributed by atoms with Gasteiger partial charge < -0.3 is 9.47 Å². The Morgan fingerprint density at radius 2 is 1.00 bits per heavy atom. The number of aryl methyl sites for hydroxylation is 2. The van der Waals surface area contributed by atoms with E-state index in [9.17, 15) is 0 Å². The topological polar surface area (TPSA) is 18.5 Å². The Labute approximate surface area is 232 Å². The Balaban J connectivity index is 1.20. The third-order valence-electron chi connectivity index (χ3n) is 7.70. The predicted molar refractivity (Wildman–Crippen MR) is 164 cm³/mol. The van der Waals surface area contributed by atoms with Crippen molar-refractivity contribution >= 4 is 0 Å². The van der Waals surface area contributed by atoms with Crippen LogP contribution >= 0.6 is 0 Å². The summed E-state index contributed by atoms with van der Waals surface area (Å²) < 4.78 is 11.1. The summed E-state index contributed by atoms with van der Waals surface area (Å²) in [7, 11) is 3.53. The molecule has 0 saturated heterocycles. The van der Waals surface area contributed by atoms with Gasteiger partial charge in [-0.1, -0.05) is 120 Å². The van der Waals surface area contributed by atoms with Crippen LogP contribution in [-0.4, -0.2) is 14.2 Å². The molecule has 0 unspecified atom stereocenters. The Bertz CT molecular complexity index is 1050. The van der Waals surface area contributed by atoms with Gasteiger partial charge in [-0.25, -0.2) is 0 Å². The maximum Gasteiger partial charge on any atom is 0.126 e. The first-order valence-corrected chi connectivity index (χ1v) is 15.0. The number of unbranched alkanes of at least 4 members (excludes halogenated alkanes) is 10. The molecule has 0 bridgehead atoms. The van der Waals surface area contributed by atoms with E-state index >= 15 is 0 Å². The van der Waals surface area contributed by atoms with Gasteiger partial charge in [-0.2, -0.15) is 0 Å². The molecule has 206 valence electrons. The lowest BCUT2D eigenvalue weighted by atomic mass is 9.97. The van der Waals surface area contributed by atoms with Gasteiger partial charge in [0.25, 0.3) is 0 Å². The highest BCUT2D eigenvalue weighted by Crippen LogP contribution is 2.31. The molecule has 3 rings (SSSR count). The molecular weight excluding hydrogens is 464 g/mol. The second kappa shape index (κ2) is 17.0. The number of benzene rings is 3. The largest absolute Gasteiger partial charge is 0.496 e. The second-order valence-corrected chi connectivity index (χ2v) is 11.0. The number of ether oxygens (including phenoxy) is 2. The van der Waals surface area contributed by atoms with E-state index < -0.39 is 0 Å². The zero-order valence-electron chi connectivity index (χ0n) is 24.4. The van der Waals surface area contributed by atoms with E-state index in [1.807, 2.05) is 0 Å². The van der Waals surface area contributed by atoms with Crippen LogP contribution in [0.5, 0.6) is 11.5 Å². The molecule has 2 nitrogen and oxygen atoms in total.